The molecule has 0 spiro atoms. The monoisotopic (exact) mass is 348 g/mol. The van der Waals surface area contributed by atoms with Crippen LogP contribution in [0, 0.1) is 0 Å². The highest BCUT2D eigenvalue weighted by Gasteiger charge is 2.43. The van der Waals surface area contributed by atoms with E-state index in [1.165, 1.54) is 0 Å². The molecular formula is C15H23F3O2Si2. The van der Waals surface area contributed by atoms with Gasteiger partial charge in [0.15, 0.2) is 5.76 Å². The van der Waals surface area contributed by atoms with Crippen molar-refractivity contribution in [3.05, 3.63) is 41.7 Å². The van der Waals surface area contributed by atoms with Crippen LogP contribution in [0.15, 0.2) is 36.1 Å². The second-order valence-electron chi connectivity index (χ2n) is 6.95. The van der Waals surface area contributed by atoms with Crippen LogP contribution < -0.4 is 0 Å². The first kappa shape index (κ1) is 18.8. The van der Waals surface area contributed by atoms with Crippen LogP contribution in [0.5, 0.6) is 0 Å². The summed E-state index contributed by atoms with van der Waals surface area (Å²) in [7, 11) is -4.69. The van der Waals surface area contributed by atoms with Crippen LogP contribution in [0.4, 0.5) is 13.2 Å². The Balaban J connectivity index is 3.52. The second-order valence-corrected chi connectivity index (χ2v) is 15.8. The summed E-state index contributed by atoms with van der Waals surface area (Å²) in [6.45, 7) is 10.7. The highest BCUT2D eigenvalue weighted by molar-refractivity contribution is 6.71. The molecule has 1 rings (SSSR count). The highest BCUT2D eigenvalue weighted by atomic mass is 28.4. The summed E-state index contributed by atoms with van der Waals surface area (Å²) < 4.78 is 51.7. The van der Waals surface area contributed by atoms with Crippen molar-refractivity contribution in [1.29, 1.82) is 0 Å². The van der Waals surface area contributed by atoms with E-state index >= 15 is 0 Å². The van der Waals surface area contributed by atoms with E-state index in [9.17, 15) is 13.2 Å². The van der Waals surface area contributed by atoms with E-state index in [0.717, 1.165) is 0 Å². The normalized spacial score (nSPS) is 14.4. The molecule has 0 fully saturated rings. The van der Waals surface area contributed by atoms with Gasteiger partial charge in [-0.25, -0.2) is 0 Å². The van der Waals surface area contributed by atoms with Crippen molar-refractivity contribution in [3.8, 4) is 0 Å². The summed E-state index contributed by atoms with van der Waals surface area (Å²) in [6.07, 6.45) is -4.59. The Kier molecular flexibility index (Phi) is 5.56. The average Bonchev–Trinajstić information content (AvgIpc) is 2.31. The van der Waals surface area contributed by atoms with Crippen molar-refractivity contribution in [2.75, 3.05) is 0 Å². The fourth-order valence-electron chi connectivity index (χ4n) is 1.67. The van der Waals surface area contributed by atoms with Gasteiger partial charge in [0.05, 0.1) is 0 Å². The van der Waals surface area contributed by atoms with E-state index in [-0.39, 0.29) is 5.76 Å². The van der Waals surface area contributed by atoms with Crippen LogP contribution in [0.1, 0.15) is 5.56 Å². The zero-order valence-corrected chi connectivity index (χ0v) is 15.8. The van der Waals surface area contributed by atoms with Gasteiger partial charge in [0, 0.05) is 5.56 Å². The number of halogens is 3. The predicted octanol–water partition coefficient (Wildman–Crippen LogP) is 5.62. The lowest BCUT2D eigenvalue weighted by Gasteiger charge is -2.29. The summed E-state index contributed by atoms with van der Waals surface area (Å²) >= 11 is 0. The highest BCUT2D eigenvalue weighted by Crippen LogP contribution is 2.37. The average molecular weight is 349 g/mol. The van der Waals surface area contributed by atoms with Crippen LogP contribution in [0.25, 0.3) is 5.76 Å². The number of allylic oxidation sites excluding steroid dienone is 1. The Labute approximate surface area is 132 Å². The van der Waals surface area contributed by atoms with Crippen molar-refractivity contribution < 1.29 is 22.0 Å². The maximum Gasteiger partial charge on any atom is 0.451 e. The first-order chi connectivity index (χ1) is 9.80. The molecule has 0 N–H and O–H groups in total. The molecule has 7 heteroatoms. The molecule has 124 valence electrons. The van der Waals surface area contributed by atoms with Crippen LogP contribution in [0.3, 0.4) is 0 Å². The van der Waals surface area contributed by atoms with Gasteiger partial charge in [-0.05, 0) is 39.3 Å². The van der Waals surface area contributed by atoms with E-state index in [0.29, 0.717) is 5.56 Å². The molecule has 0 aromatic heterocycles. The Hall–Kier alpha value is -1.22. The summed E-state index contributed by atoms with van der Waals surface area (Å²) in [5.74, 6) is -1.21. The molecule has 0 aliphatic heterocycles. The lowest BCUT2D eigenvalue weighted by molar-refractivity contribution is -0.118. The largest absolute Gasteiger partial charge is 0.541 e. The summed E-state index contributed by atoms with van der Waals surface area (Å²) in [4.78, 5) is 0. The SMILES string of the molecule is C[Si](C)(C)O/C(=C(\O[Si](C)(C)C)C(F)(F)F)c1ccccc1. The molecule has 0 radical (unpaired) electrons. The topological polar surface area (TPSA) is 18.5 Å². The standard InChI is InChI=1S/C15H23F3O2Si2/c1-21(2,3)19-13(12-10-8-7-9-11-12)14(15(16,17)18)20-22(4,5)6/h7-11H,1-6H3/b14-13-. The molecule has 0 heterocycles. The Bertz CT molecular complexity index is 526. The van der Waals surface area contributed by atoms with Crippen molar-refractivity contribution >= 4 is 22.4 Å². The van der Waals surface area contributed by atoms with Crippen LogP contribution in [0.2, 0.25) is 39.3 Å². The van der Waals surface area contributed by atoms with Gasteiger partial charge in [-0.1, -0.05) is 30.3 Å². The maximum absolute atomic E-state index is 13.5. The second kappa shape index (κ2) is 6.49. The lowest BCUT2D eigenvalue weighted by Crippen LogP contribution is -2.33. The minimum atomic E-state index is -4.59. The van der Waals surface area contributed by atoms with E-state index < -0.39 is 28.6 Å². The molecule has 0 atom stereocenters. The molecule has 22 heavy (non-hydrogen) atoms. The molecule has 0 aliphatic rings. The molecule has 0 saturated carbocycles. The zero-order chi connectivity index (χ0) is 17.2. The number of alkyl halides is 3. The molecule has 0 unspecified atom stereocenters. The van der Waals surface area contributed by atoms with Crippen LogP contribution in [-0.2, 0) is 8.85 Å². The number of benzene rings is 1. The minimum Gasteiger partial charge on any atom is -0.541 e. The van der Waals surface area contributed by atoms with Crippen molar-refractivity contribution in [3.63, 3.8) is 0 Å². The molecule has 0 saturated heterocycles. The number of rotatable bonds is 5. The van der Waals surface area contributed by atoms with E-state index in [2.05, 4.69) is 0 Å². The first-order valence-corrected chi connectivity index (χ1v) is 13.9. The fraction of sp³-hybridized carbons (Fsp3) is 0.467. The molecule has 2 nitrogen and oxygen atoms in total. The molecule has 1 aromatic carbocycles. The molecular weight excluding hydrogens is 325 g/mol. The van der Waals surface area contributed by atoms with Gasteiger partial charge in [0.2, 0.25) is 22.4 Å². The third kappa shape index (κ3) is 6.27. The Morgan fingerprint density at radius 1 is 0.818 bits per heavy atom. The van der Waals surface area contributed by atoms with Gasteiger partial charge in [-0.15, -0.1) is 0 Å². The van der Waals surface area contributed by atoms with E-state index in [1.807, 2.05) is 19.6 Å². The Morgan fingerprint density at radius 3 is 1.64 bits per heavy atom. The van der Waals surface area contributed by atoms with E-state index in [4.69, 9.17) is 8.85 Å². The maximum atomic E-state index is 13.5. The molecule has 0 bridgehead atoms. The number of hydrogen-bond acceptors (Lipinski definition) is 2. The summed E-state index contributed by atoms with van der Waals surface area (Å²) in [5, 5.41) is 0. The van der Waals surface area contributed by atoms with Gasteiger partial charge in [-0.2, -0.15) is 13.2 Å². The van der Waals surface area contributed by atoms with Crippen molar-refractivity contribution in [1.82, 2.24) is 0 Å². The van der Waals surface area contributed by atoms with Crippen molar-refractivity contribution in [2.45, 2.75) is 45.5 Å². The zero-order valence-electron chi connectivity index (χ0n) is 13.8. The van der Waals surface area contributed by atoms with Crippen molar-refractivity contribution in [2.24, 2.45) is 0 Å². The molecule has 0 aliphatic carbocycles. The van der Waals surface area contributed by atoms with Gasteiger partial charge in [0.25, 0.3) is 0 Å². The summed E-state index contributed by atoms with van der Waals surface area (Å²) in [6, 6.07) is 8.34. The van der Waals surface area contributed by atoms with Gasteiger partial charge >= 0.3 is 6.18 Å². The molecule has 1 aromatic rings. The third-order valence-electron chi connectivity index (χ3n) is 2.32. The van der Waals surface area contributed by atoms with Gasteiger partial charge in [-0.3, -0.25) is 0 Å². The smallest absolute Gasteiger partial charge is 0.451 e. The van der Waals surface area contributed by atoms with Crippen LogP contribution >= 0.6 is 0 Å². The predicted molar refractivity (Wildman–Crippen MR) is 88.3 cm³/mol. The summed E-state index contributed by atoms with van der Waals surface area (Å²) in [5.41, 5.74) is 0.385. The Morgan fingerprint density at radius 2 is 1.27 bits per heavy atom. The van der Waals surface area contributed by atoms with E-state index in [1.54, 1.807) is 50.0 Å². The number of hydrogen-bond donors (Lipinski definition) is 0. The third-order valence-corrected chi connectivity index (χ3v) is 3.95. The van der Waals surface area contributed by atoms with Gasteiger partial charge in [0.1, 0.15) is 0 Å². The molecule has 0 amide bonds. The van der Waals surface area contributed by atoms with Crippen LogP contribution in [-0.4, -0.2) is 22.8 Å². The first-order valence-electron chi connectivity index (χ1n) is 7.04. The van der Waals surface area contributed by atoms with Gasteiger partial charge < -0.3 is 8.85 Å². The minimum absolute atomic E-state index is 0.199. The fourth-order valence-corrected chi connectivity index (χ4v) is 3.31. The lowest BCUT2D eigenvalue weighted by atomic mass is 10.1. The quantitative estimate of drug-likeness (QED) is 0.508.